The van der Waals surface area contributed by atoms with E-state index >= 15 is 0 Å². The lowest BCUT2D eigenvalue weighted by Crippen LogP contribution is -2.17. The molecule has 0 fully saturated rings. The zero-order chi connectivity index (χ0) is 13.8. The summed E-state index contributed by atoms with van der Waals surface area (Å²) in [4.78, 5) is 5.82. The number of ether oxygens (including phenoxy) is 1. The second-order valence-electron chi connectivity index (χ2n) is 4.21. The van der Waals surface area contributed by atoms with Crippen LogP contribution in [-0.4, -0.2) is 28.8 Å². The Morgan fingerprint density at radius 3 is 2.74 bits per heavy atom. The normalized spacial score (nSPS) is 12.4. The van der Waals surface area contributed by atoms with Gasteiger partial charge in [-0.1, -0.05) is 6.92 Å². The number of aryl methyl sites for hydroxylation is 1. The summed E-state index contributed by atoms with van der Waals surface area (Å²) in [6, 6.07) is 3.99. The van der Waals surface area contributed by atoms with Gasteiger partial charge >= 0.3 is 0 Å². The number of thiazole rings is 1. The summed E-state index contributed by atoms with van der Waals surface area (Å²) in [6.45, 7) is 7.21. The highest BCUT2D eigenvalue weighted by molar-refractivity contribution is 7.15. The van der Waals surface area contributed by atoms with E-state index in [9.17, 15) is 0 Å². The van der Waals surface area contributed by atoms with Gasteiger partial charge in [0, 0.05) is 17.0 Å². The fourth-order valence-electron chi connectivity index (χ4n) is 1.86. The van der Waals surface area contributed by atoms with Crippen molar-refractivity contribution in [2.75, 3.05) is 13.7 Å². The monoisotopic (exact) mass is 278 g/mol. The molecule has 1 N–H and O–H groups in total. The van der Waals surface area contributed by atoms with Gasteiger partial charge in [0.25, 0.3) is 0 Å². The highest BCUT2D eigenvalue weighted by Gasteiger charge is 2.15. The zero-order valence-corrected chi connectivity index (χ0v) is 12.4. The smallest absolute Gasteiger partial charge is 0.233 e. The molecule has 0 bridgehead atoms. The number of hydrogen-bond donors (Lipinski definition) is 1. The number of methoxy groups -OCH3 is 1. The van der Waals surface area contributed by atoms with Crippen molar-refractivity contribution in [3.05, 3.63) is 22.7 Å². The van der Waals surface area contributed by atoms with Crippen molar-refractivity contribution >= 4 is 11.3 Å². The summed E-state index contributed by atoms with van der Waals surface area (Å²) in [5.41, 5.74) is 1.83. The van der Waals surface area contributed by atoms with Crippen LogP contribution >= 0.6 is 11.3 Å². The van der Waals surface area contributed by atoms with Crippen LogP contribution in [0.5, 0.6) is 5.88 Å². The first-order chi connectivity index (χ1) is 9.15. The molecule has 0 aliphatic carbocycles. The Morgan fingerprint density at radius 1 is 1.37 bits per heavy atom. The van der Waals surface area contributed by atoms with Crippen LogP contribution in [0.25, 0.3) is 10.7 Å². The van der Waals surface area contributed by atoms with Gasteiger partial charge in [-0.3, -0.25) is 0 Å². The number of nitrogens with one attached hydrogen (secondary N) is 1. The Bertz CT molecular complexity index is 538. The molecule has 1 unspecified atom stereocenters. The van der Waals surface area contributed by atoms with E-state index in [0.29, 0.717) is 11.9 Å². The third kappa shape index (κ3) is 3.08. The standard InChI is InChI=1S/C13H18N4OS/c1-5-14-8(2)12-9(3)15-13(19-12)10-6-7-11(18-4)17-16-10/h6-8,14H,5H2,1-4H3. The minimum Gasteiger partial charge on any atom is -0.480 e. The Morgan fingerprint density at radius 2 is 2.16 bits per heavy atom. The Balaban J connectivity index is 2.27. The zero-order valence-electron chi connectivity index (χ0n) is 11.6. The molecule has 0 radical (unpaired) electrons. The maximum Gasteiger partial charge on any atom is 0.233 e. The largest absolute Gasteiger partial charge is 0.480 e. The average molecular weight is 278 g/mol. The molecule has 5 nitrogen and oxygen atoms in total. The molecule has 0 spiro atoms. The molecule has 19 heavy (non-hydrogen) atoms. The van der Waals surface area contributed by atoms with Crippen molar-refractivity contribution in [1.82, 2.24) is 20.5 Å². The first-order valence-electron chi connectivity index (χ1n) is 6.24. The number of hydrogen-bond acceptors (Lipinski definition) is 6. The van der Waals surface area contributed by atoms with Crippen LogP contribution in [-0.2, 0) is 0 Å². The highest BCUT2D eigenvalue weighted by Crippen LogP contribution is 2.30. The molecule has 0 aliphatic rings. The molecule has 102 valence electrons. The predicted octanol–water partition coefficient (Wildman–Crippen LogP) is 2.59. The van der Waals surface area contributed by atoms with Gasteiger partial charge in [-0.15, -0.1) is 21.5 Å². The minimum atomic E-state index is 0.308. The van der Waals surface area contributed by atoms with Gasteiger partial charge in [0.1, 0.15) is 10.7 Å². The predicted molar refractivity (Wildman–Crippen MR) is 76.5 cm³/mol. The van der Waals surface area contributed by atoms with E-state index in [1.165, 1.54) is 4.88 Å². The quantitative estimate of drug-likeness (QED) is 0.911. The molecule has 0 saturated carbocycles. The highest BCUT2D eigenvalue weighted by atomic mass is 32.1. The molecule has 0 aromatic carbocycles. The summed E-state index contributed by atoms with van der Waals surface area (Å²) >= 11 is 1.66. The fraction of sp³-hybridized carbons (Fsp3) is 0.462. The first kappa shape index (κ1) is 13.9. The van der Waals surface area contributed by atoms with Crippen molar-refractivity contribution in [3.8, 4) is 16.6 Å². The summed E-state index contributed by atoms with van der Waals surface area (Å²) in [5.74, 6) is 0.512. The van der Waals surface area contributed by atoms with Crippen LogP contribution in [0.3, 0.4) is 0 Å². The molecule has 0 aliphatic heterocycles. The van der Waals surface area contributed by atoms with E-state index < -0.39 is 0 Å². The lowest BCUT2D eigenvalue weighted by molar-refractivity contribution is 0.392. The SMILES string of the molecule is CCNC(C)c1sc(-c2ccc(OC)nn2)nc1C. The van der Waals surface area contributed by atoms with Gasteiger partial charge in [0.2, 0.25) is 5.88 Å². The van der Waals surface area contributed by atoms with Crippen LogP contribution in [0.4, 0.5) is 0 Å². The average Bonchev–Trinajstić information content (AvgIpc) is 2.81. The minimum absolute atomic E-state index is 0.308. The van der Waals surface area contributed by atoms with Gasteiger partial charge < -0.3 is 10.1 Å². The topological polar surface area (TPSA) is 59.9 Å². The molecular formula is C13H18N4OS. The van der Waals surface area contributed by atoms with Crippen molar-refractivity contribution < 1.29 is 4.74 Å². The third-order valence-electron chi connectivity index (χ3n) is 2.80. The number of rotatable bonds is 5. The molecule has 2 rings (SSSR count). The lowest BCUT2D eigenvalue weighted by atomic mass is 10.2. The van der Waals surface area contributed by atoms with Crippen LogP contribution in [0.2, 0.25) is 0 Å². The molecule has 1 atom stereocenters. The summed E-state index contributed by atoms with van der Waals surface area (Å²) in [5, 5.41) is 12.4. The van der Waals surface area contributed by atoms with E-state index in [2.05, 4.69) is 34.3 Å². The van der Waals surface area contributed by atoms with Crippen molar-refractivity contribution in [2.45, 2.75) is 26.8 Å². The second kappa shape index (κ2) is 6.08. The van der Waals surface area contributed by atoms with Gasteiger partial charge in [0.05, 0.1) is 12.8 Å². The van der Waals surface area contributed by atoms with Crippen LogP contribution < -0.4 is 10.1 Å². The van der Waals surface area contributed by atoms with Crippen LogP contribution in [0, 0.1) is 6.92 Å². The summed E-state index contributed by atoms with van der Waals surface area (Å²) in [6.07, 6.45) is 0. The summed E-state index contributed by atoms with van der Waals surface area (Å²) < 4.78 is 5.00. The van der Waals surface area contributed by atoms with Gasteiger partial charge in [-0.2, -0.15) is 0 Å². The fourth-order valence-corrected chi connectivity index (χ4v) is 2.92. The molecule has 6 heteroatoms. The Hall–Kier alpha value is -1.53. The molecule has 2 aromatic heterocycles. The van der Waals surface area contributed by atoms with E-state index in [-0.39, 0.29) is 0 Å². The maximum absolute atomic E-state index is 5.00. The van der Waals surface area contributed by atoms with Crippen molar-refractivity contribution in [2.24, 2.45) is 0 Å². The lowest BCUT2D eigenvalue weighted by Gasteiger charge is -2.09. The summed E-state index contributed by atoms with van der Waals surface area (Å²) in [7, 11) is 1.58. The maximum atomic E-state index is 5.00. The van der Waals surface area contributed by atoms with E-state index in [4.69, 9.17) is 4.74 Å². The molecule has 0 amide bonds. The van der Waals surface area contributed by atoms with E-state index in [0.717, 1.165) is 22.9 Å². The molecular weight excluding hydrogens is 260 g/mol. The Labute approximate surface area is 117 Å². The van der Waals surface area contributed by atoms with Crippen LogP contribution in [0.1, 0.15) is 30.5 Å². The molecule has 2 aromatic rings. The molecule has 0 saturated heterocycles. The third-order valence-corrected chi connectivity index (χ3v) is 4.17. The number of nitrogens with zero attached hydrogens (tertiary/aromatic N) is 3. The van der Waals surface area contributed by atoms with Gasteiger partial charge in [-0.05, 0) is 26.5 Å². The van der Waals surface area contributed by atoms with Gasteiger partial charge in [0.15, 0.2) is 0 Å². The van der Waals surface area contributed by atoms with Crippen molar-refractivity contribution in [1.29, 1.82) is 0 Å². The number of aromatic nitrogens is 3. The van der Waals surface area contributed by atoms with E-state index in [1.807, 2.05) is 13.0 Å². The van der Waals surface area contributed by atoms with Crippen LogP contribution in [0.15, 0.2) is 12.1 Å². The first-order valence-corrected chi connectivity index (χ1v) is 7.06. The second-order valence-corrected chi connectivity index (χ2v) is 5.24. The molecule has 2 heterocycles. The van der Waals surface area contributed by atoms with E-state index in [1.54, 1.807) is 24.5 Å². The van der Waals surface area contributed by atoms with Crippen molar-refractivity contribution in [3.63, 3.8) is 0 Å². The van der Waals surface area contributed by atoms with Gasteiger partial charge in [-0.25, -0.2) is 4.98 Å². The Kier molecular flexibility index (Phi) is 4.44.